The standard InChI is InChI=1S/C22H32N4S/c1-17-6-4-5-7-19(17)15-26-11-8-21(9-12-26)25-22(23-3)24-14-18(2)20-10-13-27-16-20/h4-7,10,13,16,18,21H,8-9,11-12,14-15H2,1-3H3,(H2,23,24,25). The van der Waals surface area contributed by atoms with Crippen molar-refractivity contribution in [1.29, 1.82) is 0 Å². The van der Waals surface area contributed by atoms with Crippen molar-refractivity contribution in [2.45, 2.75) is 45.2 Å². The number of nitrogens with one attached hydrogen (secondary N) is 2. The maximum atomic E-state index is 4.42. The molecule has 3 rings (SSSR count). The van der Waals surface area contributed by atoms with Crippen LogP contribution in [0.25, 0.3) is 0 Å². The molecular weight excluding hydrogens is 352 g/mol. The van der Waals surface area contributed by atoms with E-state index in [1.54, 1.807) is 11.3 Å². The normalized spacial score (nSPS) is 17.7. The summed E-state index contributed by atoms with van der Waals surface area (Å²) in [6, 6.07) is 11.4. The third-order valence-corrected chi connectivity index (χ3v) is 6.20. The minimum absolute atomic E-state index is 0.491. The van der Waals surface area contributed by atoms with Gasteiger partial charge in [-0.2, -0.15) is 11.3 Å². The first kappa shape index (κ1) is 19.9. The predicted octanol–water partition coefficient (Wildman–Crippen LogP) is 3.99. The van der Waals surface area contributed by atoms with E-state index in [0.29, 0.717) is 12.0 Å². The summed E-state index contributed by atoms with van der Waals surface area (Å²) in [7, 11) is 1.86. The highest BCUT2D eigenvalue weighted by molar-refractivity contribution is 7.07. The summed E-state index contributed by atoms with van der Waals surface area (Å²) >= 11 is 1.76. The maximum absolute atomic E-state index is 4.42. The van der Waals surface area contributed by atoms with Gasteiger partial charge >= 0.3 is 0 Å². The fraction of sp³-hybridized carbons (Fsp3) is 0.500. The zero-order valence-electron chi connectivity index (χ0n) is 16.7. The third-order valence-electron chi connectivity index (χ3n) is 5.50. The molecule has 2 aromatic rings. The maximum Gasteiger partial charge on any atom is 0.191 e. The van der Waals surface area contributed by atoms with Crippen molar-refractivity contribution >= 4 is 17.3 Å². The van der Waals surface area contributed by atoms with E-state index in [9.17, 15) is 0 Å². The van der Waals surface area contributed by atoms with Gasteiger partial charge in [-0.05, 0) is 59.2 Å². The van der Waals surface area contributed by atoms with Crippen LogP contribution in [0, 0.1) is 6.92 Å². The number of likely N-dealkylation sites (tertiary alicyclic amines) is 1. The Morgan fingerprint density at radius 1 is 1.26 bits per heavy atom. The van der Waals surface area contributed by atoms with Crippen molar-refractivity contribution in [3.8, 4) is 0 Å². The molecule has 1 aliphatic heterocycles. The Hall–Kier alpha value is -1.85. The van der Waals surface area contributed by atoms with E-state index in [1.807, 2.05) is 7.05 Å². The van der Waals surface area contributed by atoms with Gasteiger partial charge in [0.05, 0.1) is 0 Å². The number of thiophene rings is 1. The van der Waals surface area contributed by atoms with E-state index in [4.69, 9.17) is 0 Å². The monoisotopic (exact) mass is 384 g/mol. The van der Waals surface area contributed by atoms with Crippen LogP contribution in [0.1, 0.15) is 42.4 Å². The molecule has 0 bridgehead atoms. The molecule has 1 unspecified atom stereocenters. The Labute approximate surface area is 167 Å². The first-order valence-electron chi connectivity index (χ1n) is 9.92. The summed E-state index contributed by atoms with van der Waals surface area (Å²) in [6.45, 7) is 8.69. The quantitative estimate of drug-likeness (QED) is 0.584. The average molecular weight is 385 g/mol. The molecular formula is C22H32N4S. The van der Waals surface area contributed by atoms with Crippen LogP contribution < -0.4 is 10.6 Å². The number of benzene rings is 1. The molecule has 0 aliphatic carbocycles. The molecule has 1 aromatic heterocycles. The van der Waals surface area contributed by atoms with Crippen LogP contribution in [0.5, 0.6) is 0 Å². The van der Waals surface area contributed by atoms with Gasteiger partial charge in [0.15, 0.2) is 5.96 Å². The van der Waals surface area contributed by atoms with Crippen molar-refractivity contribution in [1.82, 2.24) is 15.5 Å². The number of aliphatic imine (C=N–C) groups is 1. The molecule has 2 heterocycles. The van der Waals surface area contributed by atoms with Crippen molar-refractivity contribution in [3.05, 3.63) is 57.8 Å². The Kier molecular flexibility index (Phi) is 7.30. The number of aryl methyl sites for hydroxylation is 1. The van der Waals surface area contributed by atoms with Crippen LogP contribution in [0.15, 0.2) is 46.1 Å². The van der Waals surface area contributed by atoms with Gasteiger partial charge in [0.2, 0.25) is 0 Å². The molecule has 146 valence electrons. The van der Waals surface area contributed by atoms with Crippen molar-refractivity contribution in [3.63, 3.8) is 0 Å². The fourth-order valence-electron chi connectivity index (χ4n) is 3.57. The van der Waals surface area contributed by atoms with Crippen LogP contribution >= 0.6 is 11.3 Å². The van der Waals surface area contributed by atoms with Crippen LogP contribution in [-0.2, 0) is 6.54 Å². The lowest BCUT2D eigenvalue weighted by atomic mass is 10.0. The van der Waals surface area contributed by atoms with E-state index >= 15 is 0 Å². The van der Waals surface area contributed by atoms with Crippen molar-refractivity contribution < 1.29 is 0 Å². The minimum Gasteiger partial charge on any atom is -0.356 e. The molecule has 4 nitrogen and oxygen atoms in total. The number of piperidine rings is 1. The summed E-state index contributed by atoms with van der Waals surface area (Å²) < 4.78 is 0. The molecule has 27 heavy (non-hydrogen) atoms. The summed E-state index contributed by atoms with van der Waals surface area (Å²) in [5.74, 6) is 1.42. The molecule has 0 amide bonds. The van der Waals surface area contributed by atoms with E-state index in [2.05, 4.69) is 75.5 Å². The van der Waals surface area contributed by atoms with Crippen molar-refractivity contribution in [2.24, 2.45) is 4.99 Å². The Morgan fingerprint density at radius 3 is 2.70 bits per heavy atom. The minimum atomic E-state index is 0.491. The van der Waals surface area contributed by atoms with Gasteiger partial charge in [-0.1, -0.05) is 31.2 Å². The highest BCUT2D eigenvalue weighted by Gasteiger charge is 2.20. The smallest absolute Gasteiger partial charge is 0.191 e. The van der Waals surface area contributed by atoms with E-state index in [-0.39, 0.29) is 0 Å². The molecule has 0 spiro atoms. The Bertz CT molecular complexity index is 718. The zero-order valence-corrected chi connectivity index (χ0v) is 17.6. The highest BCUT2D eigenvalue weighted by Crippen LogP contribution is 2.18. The molecule has 0 saturated carbocycles. The molecule has 5 heteroatoms. The number of hydrogen-bond acceptors (Lipinski definition) is 3. The second-order valence-electron chi connectivity index (χ2n) is 7.53. The topological polar surface area (TPSA) is 39.7 Å². The molecule has 2 N–H and O–H groups in total. The Morgan fingerprint density at radius 2 is 2.04 bits per heavy atom. The van der Waals surface area contributed by atoms with Gasteiger partial charge in [-0.3, -0.25) is 9.89 Å². The zero-order chi connectivity index (χ0) is 19.1. The van der Waals surface area contributed by atoms with E-state index < -0.39 is 0 Å². The van der Waals surface area contributed by atoms with Crippen LogP contribution in [0.4, 0.5) is 0 Å². The predicted molar refractivity (Wildman–Crippen MR) is 117 cm³/mol. The lowest BCUT2D eigenvalue weighted by molar-refractivity contribution is 0.198. The first-order chi connectivity index (χ1) is 13.2. The largest absolute Gasteiger partial charge is 0.356 e. The van der Waals surface area contributed by atoms with Gasteiger partial charge in [0.1, 0.15) is 0 Å². The number of nitrogens with zero attached hydrogens (tertiary/aromatic N) is 2. The van der Waals surface area contributed by atoms with Crippen LogP contribution in [0.3, 0.4) is 0 Å². The summed E-state index contributed by atoms with van der Waals surface area (Å²) in [5.41, 5.74) is 4.23. The lowest BCUT2D eigenvalue weighted by Crippen LogP contribution is -2.49. The number of guanidine groups is 1. The van der Waals surface area contributed by atoms with Crippen LogP contribution in [-0.4, -0.2) is 43.6 Å². The van der Waals surface area contributed by atoms with Gasteiger partial charge in [0, 0.05) is 39.3 Å². The van der Waals surface area contributed by atoms with Gasteiger partial charge in [-0.15, -0.1) is 0 Å². The first-order valence-corrected chi connectivity index (χ1v) is 10.9. The highest BCUT2D eigenvalue weighted by atomic mass is 32.1. The van der Waals surface area contributed by atoms with Gasteiger partial charge in [0.25, 0.3) is 0 Å². The average Bonchev–Trinajstić information content (AvgIpc) is 3.23. The van der Waals surface area contributed by atoms with Gasteiger partial charge in [-0.25, -0.2) is 0 Å². The molecule has 1 aliphatic rings. The van der Waals surface area contributed by atoms with Crippen molar-refractivity contribution in [2.75, 3.05) is 26.7 Å². The SMILES string of the molecule is CN=C(NCC(C)c1ccsc1)NC1CCN(Cc2ccccc2C)CC1. The molecule has 1 atom stereocenters. The molecule has 0 radical (unpaired) electrons. The molecule has 1 aromatic carbocycles. The molecule has 1 saturated heterocycles. The summed E-state index contributed by atoms with van der Waals surface area (Å²) in [5, 5.41) is 11.5. The van der Waals surface area contributed by atoms with Crippen LogP contribution in [0.2, 0.25) is 0 Å². The second-order valence-corrected chi connectivity index (χ2v) is 8.31. The fourth-order valence-corrected chi connectivity index (χ4v) is 4.36. The summed E-state index contributed by atoms with van der Waals surface area (Å²) in [4.78, 5) is 6.98. The number of hydrogen-bond donors (Lipinski definition) is 2. The molecule has 1 fully saturated rings. The van der Waals surface area contributed by atoms with E-state index in [0.717, 1.165) is 45.0 Å². The lowest BCUT2D eigenvalue weighted by Gasteiger charge is -2.33. The third kappa shape index (κ3) is 5.81. The second kappa shape index (κ2) is 9.90. The Balaban J connectivity index is 1.41. The van der Waals surface area contributed by atoms with Gasteiger partial charge < -0.3 is 10.6 Å². The van der Waals surface area contributed by atoms with E-state index in [1.165, 1.54) is 16.7 Å². The number of rotatable bonds is 6. The summed E-state index contributed by atoms with van der Waals surface area (Å²) in [6.07, 6.45) is 2.32.